The summed E-state index contributed by atoms with van der Waals surface area (Å²) in [5.74, 6) is 0.376. The molecule has 3 rings (SSSR count). The molecule has 0 aliphatic carbocycles. The highest BCUT2D eigenvalue weighted by Gasteiger charge is 2.33. The number of hydrogen-bond donors (Lipinski definition) is 2. The van der Waals surface area contributed by atoms with Crippen molar-refractivity contribution in [3.63, 3.8) is 0 Å². The summed E-state index contributed by atoms with van der Waals surface area (Å²) in [7, 11) is -3.67. The number of fused-ring (bicyclic) bond motifs is 1. The van der Waals surface area contributed by atoms with Crippen molar-refractivity contribution >= 4 is 15.9 Å². The van der Waals surface area contributed by atoms with Crippen LogP contribution in [0.5, 0.6) is 0 Å². The van der Waals surface area contributed by atoms with Crippen molar-refractivity contribution in [2.75, 3.05) is 0 Å². The molecule has 7 nitrogen and oxygen atoms in total. The molecule has 128 valence electrons. The maximum atomic E-state index is 12.3. The lowest BCUT2D eigenvalue weighted by Crippen LogP contribution is -2.50. The molecule has 0 saturated carbocycles. The van der Waals surface area contributed by atoms with Gasteiger partial charge in [0, 0.05) is 6.07 Å². The number of nitrogens with one attached hydrogen (secondary N) is 2. The van der Waals surface area contributed by atoms with E-state index in [1.807, 2.05) is 13.8 Å². The quantitative estimate of drug-likeness (QED) is 0.867. The molecule has 1 aromatic heterocycles. The molecule has 1 amide bonds. The number of hydrogen-bond acceptors (Lipinski definition) is 5. The highest BCUT2D eigenvalue weighted by atomic mass is 32.2. The van der Waals surface area contributed by atoms with Gasteiger partial charge in [0.2, 0.25) is 15.9 Å². The molecule has 0 radical (unpaired) electrons. The largest absolute Gasteiger partial charge is 0.359 e. The summed E-state index contributed by atoms with van der Waals surface area (Å²) in [6, 6.07) is 7.63. The number of benzene rings is 1. The predicted molar refractivity (Wildman–Crippen MR) is 86.7 cm³/mol. The van der Waals surface area contributed by atoms with Crippen LogP contribution in [0.15, 0.2) is 39.8 Å². The summed E-state index contributed by atoms with van der Waals surface area (Å²) in [6.07, 6.45) is 0.314. The summed E-state index contributed by atoms with van der Waals surface area (Å²) in [5.41, 5.74) is 1.45. The van der Waals surface area contributed by atoms with Gasteiger partial charge in [-0.25, -0.2) is 8.42 Å². The lowest BCUT2D eigenvalue weighted by Gasteiger charge is -2.24. The minimum atomic E-state index is -3.67. The molecule has 1 aliphatic rings. The number of carbonyl (C=O) groups excluding carboxylic acids is 1. The van der Waals surface area contributed by atoms with Gasteiger partial charge in [-0.2, -0.15) is 4.72 Å². The van der Waals surface area contributed by atoms with E-state index in [0.717, 1.165) is 5.69 Å². The van der Waals surface area contributed by atoms with E-state index < -0.39 is 22.0 Å². The second-order valence-electron chi connectivity index (χ2n) is 6.08. The van der Waals surface area contributed by atoms with Crippen molar-refractivity contribution in [3.05, 3.63) is 47.3 Å². The van der Waals surface area contributed by atoms with Gasteiger partial charge < -0.3 is 9.84 Å². The number of carbonyl (C=O) groups is 1. The van der Waals surface area contributed by atoms with Crippen LogP contribution in [-0.4, -0.2) is 25.5 Å². The molecular weight excluding hydrogens is 330 g/mol. The zero-order valence-corrected chi connectivity index (χ0v) is 14.3. The smallest absolute Gasteiger partial charge is 0.241 e. The van der Waals surface area contributed by atoms with Crippen LogP contribution in [-0.2, 0) is 27.8 Å². The van der Waals surface area contributed by atoms with Gasteiger partial charge in [-0.15, -0.1) is 0 Å². The molecule has 2 aromatic rings. The van der Waals surface area contributed by atoms with Gasteiger partial charge >= 0.3 is 0 Å². The van der Waals surface area contributed by atoms with Crippen LogP contribution < -0.4 is 10.0 Å². The highest BCUT2D eigenvalue weighted by molar-refractivity contribution is 7.89. The molecule has 24 heavy (non-hydrogen) atoms. The van der Waals surface area contributed by atoms with Crippen LogP contribution in [0.3, 0.4) is 0 Å². The van der Waals surface area contributed by atoms with Crippen molar-refractivity contribution in [1.82, 2.24) is 15.2 Å². The third-order valence-corrected chi connectivity index (χ3v) is 5.48. The molecule has 1 aromatic carbocycles. The van der Waals surface area contributed by atoms with Crippen molar-refractivity contribution in [2.24, 2.45) is 0 Å². The molecule has 1 unspecified atom stereocenters. The molecule has 0 fully saturated rings. The summed E-state index contributed by atoms with van der Waals surface area (Å²) in [4.78, 5) is 12.5. The lowest BCUT2D eigenvalue weighted by atomic mass is 10.1. The monoisotopic (exact) mass is 349 g/mol. The average Bonchev–Trinajstić information content (AvgIpc) is 3.01. The van der Waals surface area contributed by atoms with Gasteiger partial charge in [-0.3, -0.25) is 4.79 Å². The first-order valence-electron chi connectivity index (χ1n) is 7.70. The lowest BCUT2D eigenvalue weighted by molar-refractivity contribution is -0.123. The van der Waals surface area contributed by atoms with E-state index in [9.17, 15) is 13.2 Å². The van der Waals surface area contributed by atoms with E-state index >= 15 is 0 Å². The molecule has 0 saturated heterocycles. The first kappa shape index (κ1) is 16.7. The molecule has 0 spiro atoms. The zero-order valence-electron chi connectivity index (χ0n) is 13.4. The van der Waals surface area contributed by atoms with Gasteiger partial charge in [-0.05, 0) is 24.0 Å². The average molecular weight is 349 g/mol. The third kappa shape index (κ3) is 3.34. The Balaban J connectivity index is 1.68. The molecular formula is C16H19N3O4S. The molecule has 2 N–H and O–H groups in total. The highest BCUT2D eigenvalue weighted by Crippen LogP contribution is 2.22. The molecule has 1 atom stereocenters. The Labute approximate surface area is 140 Å². The fourth-order valence-electron chi connectivity index (χ4n) is 2.57. The maximum Gasteiger partial charge on any atom is 0.241 e. The van der Waals surface area contributed by atoms with Gasteiger partial charge in [0.25, 0.3) is 0 Å². The second-order valence-corrected chi connectivity index (χ2v) is 7.76. The normalized spacial score (nSPS) is 19.0. The van der Waals surface area contributed by atoms with Crippen LogP contribution in [0.4, 0.5) is 0 Å². The maximum absolute atomic E-state index is 12.3. The van der Waals surface area contributed by atoms with Crippen LogP contribution >= 0.6 is 0 Å². The Morgan fingerprint density at radius 3 is 2.88 bits per heavy atom. The number of rotatable bonds is 4. The predicted octanol–water partition coefficient (Wildman–Crippen LogP) is 1.32. The van der Waals surface area contributed by atoms with E-state index in [4.69, 9.17) is 4.52 Å². The standard InChI is InChI=1S/C16H19N3O4S/c1-10(2)13-8-12(23-18-13)9-17-16(20)14-7-11-5-3-4-6-15(11)24(21,22)19-14/h3-6,8,10,14,19H,7,9H2,1-2H3,(H,17,20). The van der Waals surface area contributed by atoms with Crippen LogP contribution in [0.1, 0.15) is 36.8 Å². The Morgan fingerprint density at radius 1 is 1.42 bits per heavy atom. The third-order valence-electron chi connectivity index (χ3n) is 3.91. The van der Waals surface area contributed by atoms with Crippen LogP contribution in [0.2, 0.25) is 0 Å². The first-order chi connectivity index (χ1) is 11.4. The molecule has 0 bridgehead atoms. The summed E-state index contributed by atoms with van der Waals surface area (Å²) < 4.78 is 32.0. The van der Waals surface area contributed by atoms with E-state index in [2.05, 4.69) is 15.2 Å². The Bertz CT molecular complexity index is 858. The van der Waals surface area contributed by atoms with E-state index in [1.54, 1.807) is 24.3 Å². The van der Waals surface area contributed by atoms with Crippen molar-refractivity contribution in [3.8, 4) is 0 Å². The molecule has 8 heteroatoms. The van der Waals surface area contributed by atoms with Crippen molar-refractivity contribution < 1.29 is 17.7 Å². The molecule has 2 heterocycles. The summed E-state index contributed by atoms with van der Waals surface area (Å²) in [5, 5.41) is 6.61. The molecule has 1 aliphatic heterocycles. The minimum Gasteiger partial charge on any atom is -0.359 e. The van der Waals surface area contributed by atoms with Gasteiger partial charge in [-0.1, -0.05) is 37.2 Å². The van der Waals surface area contributed by atoms with E-state index in [0.29, 0.717) is 17.7 Å². The Hall–Kier alpha value is -2.19. The fraction of sp³-hybridized carbons (Fsp3) is 0.375. The minimum absolute atomic E-state index is 0.165. The summed E-state index contributed by atoms with van der Waals surface area (Å²) in [6.45, 7) is 4.15. The number of nitrogens with zero attached hydrogens (tertiary/aromatic N) is 1. The van der Waals surface area contributed by atoms with E-state index in [1.165, 1.54) is 6.07 Å². The summed E-state index contributed by atoms with van der Waals surface area (Å²) >= 11 is 0. The zero-order chi connectivity index (χ0) is 17.3. The first-order valence-corrected chi connectivity index (χ1v) is 9.18. The van der Waals surface area contributed by atoms with Gasteiger partial charge in [0.05, 0.1) is 17.1 Å². The van der Waals surface area contributed by atoms with Crippen LogP contribution in [0, 0.1) is 0 Å². The second kappa shape index (κ2) is 6.37. The van der Waals surface area contributed by atoms with Gasteiger partial charge in [0.15, 0.2) is 5.76 Å². The number of aromatic nitrogens is 1. The SMILES string of the molecule is CC(C)c1cc(CNC(=O)C2Cc3ccccc3S(=O)(=O)N2)on1. The Kier molecular flexibility index (Phi) is 4.42. The fourth-order valence-corrected chi connectivity index (χ4v) is 4.02. The number of amides is 1. The van der Waals surface area contributed by atoms with Crippen LogP contribution in [0.25, 0.3) is 0 Å². The van der Waals surface area contributed by atoms with Crippen molar-refractivity contribution in [1.29, 1.82) is 0 Å². The van der Waals surface area contributed by atoms with Gasteiger partial charge in [0.1, 0.15) is 6.04 Å². The topological polar surface area (TPSA) is 101 Å². The van der Waals surface area contributed by atoms with E-state index in [-0.39, 0.29) is 17.4 Å². The Morgan fingerprint density at radius 2 is 2.17 bits per heavy atom. The number of sulfonamides is 1. The van der Waals surface area contributed by atoms with Crippen molar-refractivity contribution in [2.45, 2.75) is 43.7 Å².